The Morgan fingerprint density at radius 1 is 1.42 bits per heavy atom. The molecule has 0 fully saturated rings. The molecule has 0 bridgehead atoms. The van der Waals surface area contributed by atoms with Crippen LogP contribution in [0.1, 0.15) is 12.5 Å². The fourth-order valence-electron chi connectivity index (χ4n) is 1.60. The van der Waals surface area contributed by atoms with Crippen LogP contribution < -0.4 is 10.2 Å². The normalized spacial score (nSPS) is 11.2. The first kappa shape index (κ1) is 14.5. The molecule has 2 N–H and O–H groups in total. The number of aliphatic carboxylic acids is 1. The quantitative estimate of drug-likeness (QED) is 0.808. The van der Waals surface area contributed by atoms with Gasteiger partial charge in [0.25, 0.3) is 0 Å². The average molecular weight is 261 g/mol. The molecule has 0 radical (unpaired) electrons. The maximum atomic E-state index is 11.0. The van der Waals surface area contributed by atoms with Crippen LogP contribution in [0.25, 0.3) is 0 Å². The predicted octanol–water partition coefficient (Wildman–Crippen LogP) is 0.584. The number of nitrogens with zero attached hydrogens (tertiary/aromatic N) is 2. The van der Waals surface area contributed by atoms with E-state index in [1.54, 1.807) is 36.2 Å². The van der Waals surface area contributed by atoms with Crippen LogP contribution in [-0.2, 0) is 9.59 Å². The van der Waals surface area contributed by atoms with E-state index in [0.717, 1.165) is 5.69 Å². The highest BCUT2D eigenvalue weighted by molar-refractivity contribution is 5.82. The number of hydrogen-bond acceptors (Lipinski definition) is 4. The van der Waals surface area contributed by atoms with Crippen molar-refractivity contribution in [1.82, 2.24) is 5.32 Å². The van der Waals surface area contributed by atoms with Gasteiger partial charge in [-0.3, -0.25) is 4.79 Å². The van der Waals surface area contributed by atoms with E-state index in [2.05, 4.69) is 5.32 Å². The Kier molecular flexibility index (Phi) is 4.89. The smallest absolute Gasteiger partial charge is 0.328 e. The van der Waals surface area contributed by atoms with E-state index in [1.165, 1.54) is 6.92 Å². The molecule has 100 valence electrons. The van der Waals surface area contributed by atoms with Gasteiger partial charge in [-0.25, -0.2) is 4.79 Å². The largest absolute Gasteiger partial charge is 0.480 e. The third-order valence-corrected chi connectivity index (χ3v) is 2.57. The maximum Gasteiger partial charge on any atom is 0.328 e. The molecule has 1 aromatic carbocycles. The summed E-state index contributed by atoms with van der Waals surface area (Å²) in [5.74, 6) is -1.48. The van der Waals surface area contributed by atoms with Crippen LogP contribution in [0, 0.1) is 11.3 Å². The molecule has 0 heterocycles. The Labute approximate surface area is 111 Å². The number of carbonyl (C=O) groups is 2. The van der Waals surface area contributed by atoms with Crippen molar-refractivity contribution in [1.29, 1.82) is 5.26 Å². The van der Waals surface area contributed by atoms with Crippen molar-refractivity contribution < 1.29 is 14.7 Å². The molecule has 1 rings (SSSR count). The molecule has 0 aliphatic rings. The van der Waals surface area contributed by atoms with Gasteiger partial charge in [0.15, 0.2) is 0 Å². The molecule has 0 aromatic heterocycles. The Morgan fingerprint density at radius 2 is 2.00 bits per heavy atom. The molecule has 1 unspecified atom stereocenters. The minimum atomic E-state index is -1.09. The minimum absolute atomic E-state index is 0.140. The molecule has 1 amide bonds. The van der Waals surface area contributed by atoms with E-state index >= 15 is 0 Å². The van der Waals surface area contributed by atoms with Gasteiger partial charge in [0.05, 0.1) is 11.6 Å². The fourth-order valence-corrected chi connectivity index (χ4v) is 1.60. The number of carboxylic acids is 1. The molecule has 0 aliphatic carbocycles. The topological polar surface area (TPSA) is 93.4 Å². The molecule has 1 atom stereocenters. The second-order valence-electron chi connectivity index (χ2n) is 4.13. The molecule has 0 spiro atoms. The lowest BCUT2D eigenvalue weighted by atomic mass is 10.2. The molecule has 6 heteroatoms. The zero-order valence-electron chi connectivity index (χ0n) is 10.8. The zero-order chi connectivity index (χ0) is 14.4. The number of likely N-dealkylation sites (N-methyl/N-ethyl adjacent to an activating group) is 1. The third kappa shape index (κ3) is 4.32. The van der Waals surface area contributed by atoms with Crippen LogP contribution >= 0.6 is 0 Å². The Balaban J connectivity index is 2.75. The Bertz CT molecular complexity index is 505. The molecule has 0 aliphatic heterocycles. The molecule has 6 nitrogen and oxygen atoms in total. The summed E-state index contributed by atoms with van der Waals surface area (Å²) in [7, 11) is 1.72. The van der Waals surface area contributed by atoms with Crippen LogP contribution in [0.4, 0.5) is 5.69 Å². The number of anilines is 1. The van der Waals surface area contributed by atoms with Gasteiger partial charge in [-0.2, -0.15) is 5.26 Å². The van der Waals surface area contributed by atoms with Gasteiger partial charge in [0, 0.05) is 26.2 Å². The molecular weight excluding hydrogens is 246 g/mol. The lowest BCUT2D eigenvalue weighted by Gasteiger charge is -2.23. The first-order chi connectivity index (χ1) is 8.93. The maximum absolute atomic E-state index is 11.0. The van der Waals surface area contributed by atoms with Crippen molar-refractivity contribution in [2.24, 2.45) is 0 Å². The van der Waals surface area contributed by atoms with Crippen LogP contribution in [0.5, 0.6) is 0 Å². The number of benzene rings is 1. The monoisotopic (exact) mass is 261 g/mol. The van der Waals surface area contributed by atoms with Crippen LogP contribution in [-0.4, -0.2) is 36.6 Å². The summed E-state index contributed by atoms with van der Waals surface area (Å²) >= 11 is 0. The predicted molar refractivity (Wildman–Crippen MR) is 69.7 cm³/mol. The van der Waals surface area contributed by atoms with Crippen LogP contribution in [0.3, 0.4) is 0 Å². The summed E-state index contributed by atoms with van der Waals surface area (Å²) < 4.78 is 0. The first-order valence-electron chi connectivity index (χ1n) is 5.65. The van der Waals surface area contributed by atoms with Crippen molar-refractivity contribution in [3.8, 4) is 6.07 Å². The summed E-state index contributed by atoms with van der Waals surface area (Å²) in [6.07, 6.45) is 0. The third-order valence-electron chi connectivity index (χ3n) is 2.57. The van der Waals surface area contributed by atoms with Gasteiger partial charge >= 0.3 is 5.97 Å². The number of carboxylic acid groups (broad SMARTS) is 1. The van der Waals surface area contributed by atoms with Crippen molar-refractivity contribution in [3.63, 3.8) is 0 Å². The van der Waals surface area contributed by atoms with Gasteiger partial charge in [0.1, 0.15) is 6.04 Å². The SMILES string of the molecule is CC(=O)NC(CN(C)c1ccc(C#N)cc1)C(=O)O. The summed E-state index contributed by atoms with van der Waals surface area (Å²) in [5.41, 5.74) is 1.31. The molecule has 1 aromatic rings. The summed E-state index contributed by atoms with van der Waals surface area (Å²) in [4.78, 5) is 23.7. The number of hydrogen-bond donors (Lipinski definition) is 2. The van der Waals surface area contributed by atoms with E-state index < -0.39 is 12.0 Å². The second-order valence-corrected chi connectivity index (χ2v) is 4.13. The van der Waals surface area contributed by atoms with Gasteiger partial charge in [-0.1, -0.05) is 0 Å². The second kappa shape index (κ2) is 6.40. The van der Waals surface area contributed by atoms with Crippen LogP contribution in [0.15, 0.2) is 24.3 Å². The number of nitriles is 1. The van der Waals surface area contributed by atoms with Crippen molar-refractivity contribution in [2.75, 3.05) is 18.5 Å². The number of nitrogens with one attached hydrogen (secondary N) is 1. The van der Waals surface area contributed by atoms with Gasteiger partial charge < -0.3 is 15.3 Å². The average Bonchev–Trinajstić information content (AvgIpc) is 2.37. The standard InChI is InChI=1S/C13H15N3O3/c1-9(17)15-12(13(18)19)8-16(2)11-5-3-10(7-14)4-6-11/h3-6,12H,8H2,1-2H3,(H,15,17)(H,18,19). The minimum Gasteiger partial charge on any atom is -0.480 e. The summed E-state index contributed by atoms with van der Waals surface area (Å²) in [6.45, 7) is 1.42. The fraction of sp³-hybridized carbons (Fsp3) is 0.308. The van der Waals surface area contributed by atoms with Crippen molar-refractivity contribution in [2.45, 2.75) is 13.0 Å². The number of carbonyl (C=O) groups excluding carboxylic acids is 1. The zero-order valence-corrected chi connectivity index (χ0v) is 10.8. The Hall–Kier alpha value is -2.55. The lowest BCUT2D eigenvalue weighted by Crippen LogP contribution is -2.47. The molecule has 19 heavy (non-hydrogen) atoms. The van der Waals surface area contributed by atoms with Gasteiger partial charge in [-0.15, -0.1) is 0 Å². The number of amides is 1. The highest BCUT2D eigenvalue weighted by Gasteiger charge is 2.20. The van der Waals surface area contributed by atoms with E-state index in [4.69, 9.17) is 10.4 Å². The van der Waals surface area contributed by atoms with E-state index in [9.17, 15) is 9.59 Å². The molecular formula is C13H15N3O3. The van der Waals surface area contributed by atoms with E-state index in [1.807, 2.05) is 6.07 Å². The van der Waals surface area contributed by atoms with Crippen molar-refractivity contribution >= 4 is 17.6 Å². The molecule has 0 saturated carbocycles. The summed E-state index contributed by atoms with van der Waals surface area (Å²) in [5, 5.41) is 20.1. The highest BCUT2D eigenvalue weighted by Crippen LogP contribution is 2.13. The van der Waals surface area contributed by atoms with E-state index in [-0.39, 0.29) is 12.5 Å². The summed E-state index contributed by atoms with van der Waals surface area (Å²) in [6, 6.07) is 7.80. The lowest BCUT2D eigenvalue weighted by molar-refractivity contribution is -0.141. The van der Waals surface area contributed by atoms with Crippen LogP contribution in [0.2, 0.25) is 0 Å². The Morgan fingerprint density at radius 3 is 2.42 bits per heavy atom. The highest BCUT2D eigenvalue weighted by atomic mass is 16.4. The van der Waals surface area contributed by atoms with Gasteiger partial charge in [-0.05, 0) is 24.3 Å². The number of rotatable bonds is 5. The van der Waals surface area contributed by atoms with E-state index in [0.29, 0.717) is 5.56 Å². The van der Waals surface area contributed by atoms with Gasteiger partial charge in [0.2, 0.25) is 5.91 Å². The molecule has 0 saturated heterocycles. The first-order valence-corrected chi connectivity index (χ1v) is 5.65. The van der Waals surface area contributed by atoms with Crippen molar-refractivity contribution in [3.05, 3.63) is 29.8 Å².